The topological polar surface area (TPSA) is 96.5 Å². The molecule has 4 aromatic rings. The van der Waals surface area contributed by atoms with Gasteiger partial charge in [0, 0.05) is 28.0 Å². The van der Waals surface area contributed by atoms with Crippen molar-refractivity contribution in [3.8, 4) is 11.3 Å². The smallest absolute Gasteiger partial charge is 0.291 e. The lowest BCUT2D eigenvalue weighted by Gasteiger charge is -2.09. The molecular formula is C26H20ClN3O4S. The summed E-state index contributed by atoms with van der Waals surface area (Å²) in [4.78, 5) is 24.2. The summed E-state index contributed by atoms with van der Waals surface area (Å²) < 4.78 is 10.8. The Labute approximate surface area is 211 Å². The number of thiocarbonyl (C=S) groups is 1. The second-order valence-corrected chi connectivity index (χ2v) is 8.27. The Bertz CT molecular complexity index is 1390. The summed E-state index contributed by atoms with van der Waals surface area (Å²) in [6.07, 6.45) is 4.31. The maximum absolute atomic E-state index is 12.2. The first kappa shape index (κ1) is 24.0. The summed E-state index contributed by atoms with van der Waals surface area (Å²) >= 11 is 11.4. The predicted octanol–water partition coefficient (Wildman–Crippen LogP) is 6.28. The van der Waals surface area contributed by atoms with E-state index in [1.165, 1.54) is 12.3 Å². The number of carbonyl (C=O) groups excluding carboxylic acids is 2. The number of rotatable bonds is 6. The predicted molar refractivity (Wildman–Crippen MR) is 140 cm³/mol. The van der Waals surface area contributed by atoms with Crippen LogP contribution >= 0.6 is 23.8 Å². The first-order valence-electron chi connectivity index (χ1n) is 10.5. The van der Waals surface area contributed by atoms with E-state index in [1.807, 2.05) is 31.2 Å². The molecule has 0 spiro atoms. The summed E-state index contributed by atoms with van der Waals surface area (Å²) in [6, 6.07) is 19.3. The fourth-order valence-electron chi connectivity index (χ4n) is 3.05. The van der Waals surface area contributed by atoms with Gasteiger partial charge in [0.1, 0.15) is 11.5 Å². The Balaban J connectivity index is 1.28. The highest BCUT2D eigenvalue weighted by atomic mass is 35.5. The first-order chi connectivity index (χ1) is 16.9. The Morgan fingerprint density at radius 1 is 0.971 bits per heavy atom. The molecular weight excluding hydrogens is 486 g/mol. The lowest BCUT2D eigenvalue weighted by Crippen LogP contribution is -2.32. The van der Waals surface area contributed by atoms with Gasteiger partial charge in [-0.1, -0.05) is 23.7 Å². The monoisotopic (exact) mass is 505 g/mol. The Hall–Kier alpha value is -4.14. The largest absolute Gasteiger partial charge is 0.459 e. The molecule has 0 saturated heterocycles. The third kappa shape index (κ3) is 6.47. The quantitative estimate of drug-likeness (QED) is 0.211. The minimum atomic E-state index is -0.416. The molecule has 2 aromatic heterocycles. The van der Waals surface area contributed by atoms with Crippen LogP contribution in [0.1, 0.15) is 21.9 Å². The molecule has 2 amide bonds. The highest BCUT2D eigenvalue weighted by Crippen LogP contribution is 2.27. The highest BCUT2D eigenvalue weighted by molar-refractivity contribution is 7.80. The van der Waals surface area contributed by atoms with E-state index < -0.39 is 5.91 Å². The maximum atomic E-state index is 12.2. The van der Waals surface area contributed by atoms with Gasteiger partial charge in [-0.3, -0.25) is 14.9 Å². The van der Waals surface area contributed by atoms with Crippen molar-refractivity contribution >= 4 is 58.2 Å². The molecule has 9 heteroatoms. The Morgan fingerprint density at radius 3 is 2.40 bits per heavy atom. The number of carbonyl (C=O) groups is 2. The van der Waals surface area contributed by atoms with Gasteiger partial charge >= 0.3 is 0 Å². The number of hydrogen-bond acceptors (Lipinski definition) is 5. The number of furan rings is 2. The molecule has 0 aliphatic heterocycles. The van der Waals surface area contributed by atoms with Crippen LogP contribution in [-0.2, 0) is 4.79 Å². The molecule has 0 fully saturated rings. The van der Waals surface area contributed by atoms with Gasteiger partial charge in [0.15, 0.2) is 10.9 Å². The Morgan fingerprint density at radius 2 is 1.71 bits per heavy atom. The maximum Gasteiger partial charge on any atom is 0.291 e. The van der Waals surface area contributed by atoms with Gasteiger partial charge in [-0.15, -0.1) is 0 Å². The number of hydrogen-bond donors (Lipinski definition) is 3. The highest BCUT2D eigenvalue weighted by Gasteiger charge is 2.09. The molecule has 0 saturated carbocycles. The number of aryl methyl sites for hydroxylation is 1. The van der Waals surface area contributed by atoms with Crippen LogP contribution < -0.4 is 16.0 Å². The van der Waals surface area contributed by atoms with Crippen molar-refractivity contribution in [1.29, 1.82) is 0 Å². The van der Waals surface area contributed by atoms with Crippen LogP contribution in [-0.4, -0.2) is 16.9 Å². The van der Waals surface area contributed by atoms with E-state index in [1.54, 1.807) is 48.5 Å². The fraction of sp³-hybridized carbons (Fsp3) is 0.0385. The zero-order chi connectivity index (χ0) is 24.8. The molecule has 2 heterocycles. The van der Waals surface area contributed by atoms with Crippen LogP contribution in [0.3, 0.4) is 0 Å². The van der Waals surface area contributed by atoms with Gasteiger partial charge in [0.2, 0.25) is 5.91 Å². The molecule has 4 rings (SSSR count). The normalized spacial score (nSPS) is 10.8. The van der Waals surface area contributed by atoms with E-state index >= 15 is 0 Å². The van der Waals surface area contributed by atoms with Gasteiger partial charge < -0.3 is 19.5 Å². The standard InChI is InChI=1S/C26H20ClN3O4S/c1-16-4-5-17(15-21(16)27)22-12-10-20(34-22)11-13-24(31)30-26(35)29-19-8-6-18(7-9-19)28-25(32)23-3-2-14-33-23/h2-15H,1H3,(H,28,32)(H2,29,30,31,35)/b13-11+. The molecule has 7 nitrogen and oxygen atoms in total. The molecule has 2 aromatic carbocycles. The molecule has 0 aliphatic rings. The minimum absolute atomic E-state index is 0.126. The van der Waals surface area contributed by atoms with E-state index in [4.69, 9.17) is 32.7 Å². The zero-order valence-corrected chi connectivity index (χ0v) is 20.1. The molecule has 0 atom stereocenters. The number of amides is 2. The second kappa shape index (κ2) is 10.9. The Kier molecular flexibility index (Phi) is 7.45. The first-order valence-corrected chi connectivity index (χ1v) is 11.3. The average Bonchev–Trinajstić information content (AvgIpc) is 3.53. The van der Waals surface area contributed by atoms with Crippen molar-refractivity contribution in [2.45, 2.75) is 6.92 Å². The fourth-order valence-corrected chi connectivity index (χ4v) is 3.45. The molecule has 0 aliphatic carbocycles. The van der Waals surface area contributed by atoms with Gasteiger partial charge in [0.05, 0.1) is 6.26 Å². The average molecular weight is 506 g/mol. The number of anilines is 2. The zero-order valence-electron chi connectivity index (χ0n) is 18.5. The molecule has 176 valence electrons. The number of benzene rings is 2. The lowest BCUT2D eigenvalue weighted by atomic mass is 10.1. The summed E-state index contributed by atoms with van der Waals surface area (Å²) in [6.45, 7) is 1.93. The van der Waals surface area contributed by atoms with Gasteiger partial charge in [-0.25, -0.2) is 0 Å². The van der Waals surface area contributed by atoms with Crippen LogP contribution in [0.15, 0.2) is 87.9 Å². The van der Waals surface area contributed by atoms with Crippen LogP contribution in [0.4, 0.5) is 11.4 Å². The van der Waals surface area contributed by atoms with Crippen LogP contribution in [0.5, 0.6) is 0 Å². The van der Waals surface area contributed by atoms with E-state index in [0.29, 0.717) is 27.9 Å². The molecule has 0 bridgehead atoms. The van der Waals surface area contributed by atoms with Gasteiger partial charge in [0.25, 0.3) is 5.91 Å². The summed E-state index contributed by atoms with van der Waals surface area (Å²) in [5.41, 5.74) is 3.06. The van der Waals surface area contributed by atoms with Crippen molar-refractivity contribution in [3.05, 3.63) is 101 Å². The van der Waals surface area contributed by atoms with Crippen LogP contribution in [0, 0.1) is 6.92 Å². The molecule has 3 N–H and O–H groups in total. The van der Waals surface area contributed by atoms with Crippen molar-refractivity contribution in [2.75, 3.05) is 10.6 Å². The molecule has 35 heavy (non-hydrogen) atoms. The van der Waals surface area contributed by atoms with Crippen molar-refractivity contribution < 1.29 is 18.4 Å². The summed E-state index contributed by atoms with van der Waals surface area (Å²) in [5, 5.41) is 8.98. The number of nitrogens with one attached hydrogen (secondary N) is 3. The van der Waals surface area contributed by atoms with E-state index in [9.17, 15) is 9.59 Å². The van der Waals surface area contributed by atoms with Crippen LogP contribution in [0.25, 0.3) is 17.4 Å². The van der Waals surface area contributed by atoms with Crippen LogP contribution in [0.2, 0.25) is 5.02 Å². The van der Waals surface area contributed by atoms with Crippen molar-refractivity contribution in [1.82, 2.24) is 5.32 Å². The van der Waals surface area contributed by atoms with Crippen molar-refractivity contribution in [2.24, 2.45) is 0 Å². The van der Waals surface area contributed by atoms with E-state index in [2.05, 4.69) is 16.0 Å². The SMILES string of the molecule is Cc1ccc(-c2ccc(/C=C/C(=O)NC(=S)Nc3ccc(NC(=O)c4ccco4)cc3)o2)cc1Cl. The van der Waals surface area contributed by atoms with Gasteiger partial charge in [-0.2, -0.15) is 0 Å². The lowest BCUT2D eigenvalue weighted by molar-refractivity contribution is -0.115. The van der Waals surface area contributed by atoms with E-state index in [-0.39, 0.29) is 16.8 Å². The molecule has 0 radical (unpaired) electrons. The second-order valence-electron chi connectivity index (χ2n) is 7.45. The summed E-state index contributed by atoms with van der Waals surface area (Å²) in [5.74, 6) is 0.609. The third-order valence-electron chi connectivity index (χ3n) is 4.86. The van der Waals surface area contributed by atoms with E-state index in [0.717, 1.165) is 11.1 Å². The molecule has 0 unspecified atom stereocenters. The van der Waals surface area contributed by atoms with Crippen molar-refractivity contribution in [3.63, 3.8) is 0 Å². The summed E-state index contributed by atoms with van der Waals surface area (Å²) in [7, 11) is 0. The number of halogens is 1. The minimum Gasteiger partial charge on any atom is -0.459 e. The third-order valence-corrected chi connectivity index (χ3v) is 5.48. The van der Waals surface area contributed by atoms with Gasteiger partial charge in [-0.05, 0) is 85.4 Å².